The largest absolute Gasteiger partial charge is 0.339 e. The Balaban J connectivity index is 2.47. The predicted octanol–water partition coefficient (Wildman–Crippen LogP) is 2.03. The molecule has 0 saturated carbocycles. The fourth-order valence-corrected chi connectivity index (χ4v) is 2.84. The van der Waals surface area contributed by atoms with E-state index < -0.39 is 10.0 Å². The number of hydrogen-bond donors (Lipinski definition) is 1. The number of halogens is 1. The molecule has 2 rings (SSSR count). The lowest BCUT2D eigenvalue weighted by Gasteiger charge is -2.14. The topological polar surface area (TPSA) is 49.4 Å². The first-order valence-electron chi connectivity index (χ1n) is 4.85. The number of rotatable bonds is 2. The SMILES string of the molecule is CN1C(=S)Cc2cc(NS(C)(=O)=O)c(Cl)cc21. The van der Waals surface area contributed by atoms with Crippen molar-refractivity contribution in [2.24, 2.45) is 0 Å². The fourth-order valence-electron chi connectivity index (χ4n) is 1.76. The minimum Gasteiger partial charge on any atom is -0.339 e. The molecule has 0 saturated heterocycles. The average molecular weight is 291 g/mol. The summed E-state index contributed by atoms with van der Waals surface area (Å²) in [7, 11) is -1.46. The molecule has 1 heterocycles. The van der Waals surface area contributed by atoms with Crippen molar-refractivity contribution in [2.45, 2.75) is 6.42 Å². The van der Waals surface area contributed by atoms with Crippen molar-refractivity contribution in [3.63, 3.8) is 0 Å². The van der Waals surface area contributed by atoms with E-state index in [1.165, 1.54) is 0 Å². The second-order valence-electron chi connectivity index (χ2n) is 3.96. The second-order valence-corrected chi connectivity index (χ2v) is 6.59. The van der Waals surface area contributed by atoms with E-state index in [0.29, 0.717) is 17.1 Å². The lowest BCUT2D eigenvalue weighted by Crippen LogP contribution is -2.18. The molecule has 0 aliphatic carbocycles. The summed E-state index contributed by atoms with van der Waals surface area (Å²) < 4.78 is 24.7. The molecule has 1 aromatic rings. The monoisotopic (exact) mass is 290 g/mol. The molecule has 4 nitrogen and oxygen atoms in total. The number of likely N-dealkylation sites (N-methyl/N-ethyl adjacent to an activating group) is 1. The maximum Gasteiger partial charge on any atom is 0.229 e. The smallest absolute Gasteiger partial charge is 0.229 e. The van der Waals surface area contributed by atoms with Crippen LogP contribution in [0.1, 0.15) is 5.56 Å². The zero-order valence-electron chi connectivity index (χ0n) is 9.32. The molecule has 1 N–H and O–H groups in total. The van der Waals surface area contributed by atoms with Crippen LogP contribution in [0.5, 0.6) is 0 Å². The summed E-state index contributed by atoms with van der Waals surface area (Å²) >= 11 is 11.2. The third-order valence-corrected chi connectivity index (χ3v) is 3.86. The van der Waals surface area contributed by atoms with Gasteiger partial charge in [0.2, 0.25) is 10.0 Å². The molecule has 0 bridgehead atoms. The molecule has 1 aliphatic heterocycles. The molecule has 0 amide bonds. The third-order valence-electron chi connectivity index (χ3n) is 2.54. The van der Waals surface area contributed by atoms with E-state index in [-0.39, 0.29) is 0 Å². The van der Waals surface area contributed by atoms with Gasteiger partial charge in [-0.05, 0) is 17.7 Å². The zero-order chi connectivity index (χ0) is 12.8. The van der Waals surface area contributed by atoms with E-state index in [9.17, 15) is 8.42 Å². The van der Waals surface area contributed by atoms with Gasteiger partial charge in [-0.15, -0.1) is 0 Å². The van der Waals surface area contributed by atoms with Gasteiger partial charge in [0, 0.05) is 19.2 Å². The number of sulfonamides is 1. The average Bonchev–Trinajstić information content (AvgIpc) is 2.43. The summed E-state index contributed by atoms with van der Waals surface area (Å²) in [4.78, 5) is 2.67. The highest BCUT2D eigenvalue weighted by Crippen LogP contribution is 2.36. The van der Waals surface area contributed by atoms with Gasteiger partial charge in [0.1, 0.15) is 0 Å². The molecule has 1 aliphatic rings. The van der Waals surface area contributed by atoms with Crippen LogP contribution in [0.25, 0.3) is 0 Å². The summed E-state index contributed by atoms with van der Waals surface area (Å²) in [5.74, 6) is 0. The van der Waals surface area contributed by atoms with E-state index >= 15 is 0 Å². The quantitative estimate of drug-likeness (QED) is 0.847. The van der Waals surface area contributed by atoms with Crippen LogP contribution in [-0.2, 0) is 16.4 Å². The van der Waals surface area contributed by atoms with Gasteiger partial charge in [0.25, 0.3) is 0 Å². The van der Waals surface area contributed by atoms with Gasteiger partial charge in [0.15, 0.2) is 0 Å². The van der Waals surface area contributed by atoms with Gasteiger partial charge in [-0.1, -0.05) is 23.8 Å². The van der Waals surface area contributed by atoms with E-state index in [1.54, 1.807) is 12.1 Å². The molecule has 92 valence electrons. The van der Waals surface area contributed by atoms with Crippen molar-refractivity contribution in [1.82, 2.24) is 0 Å². The standard InChI is InChI=1S/C10H11ClN2O2S2/c1-13-9-5-7(11)8(12-17(2,14)15)3-6(9)4-10(13)16/h3,5,12H,4H2,1-2H3. The highest BCUT2D eigenvalue weighted by Gasteiger charge is 2.23. The molecule has 7 heteroatoms. The van der Waals surface area contributed by atoms with Gasteiger partial charge >= 0.3 is 0 Å². The van der Waals surface area contributed by atoms with Gasteiger partial charge < -0.3 is 4.90 Å². The number of thiocarbonyl (C=S) groups is 1. The molecule has 17 heavy (non-hydrogen) atoms. The van der Waals surface area contributed by atoms with Crippen LogP contribution < -0.4 is 9.62 Å². The van der Waals surface area contributed by atoms with E-state index in [1.807, 2.05) is 11.9 Å². The van der Waals surface area contributed by atoms with Crippen LogP contribution in [0.15, 0.2) is 12.1 Å². The molecular weight excluding hydrogens is 280 g/mol. The molecule has 0 radical (unpaired) electrons. The molecule has 0 aromatic heterocycles. The van der Waals surface area contributed by atoms with Crippen LogP contribution in [0.3, 0.4) is 0 Å². The Labute approximate surface area is 111 Å². The zero-order valence-corrected chi connectivity index (χ0v) is 11.7. The Kier molecular flexibility index (Phi) is 3.05. The first-order valence-corrected chi connectivity index (χ1v) is 7.52. The molecule has 0 spiro atoms. The number of nitrogens with zero attached hydrogens (tertiary/aromatic N) is 1. The number of benzene rings is 1. The van der Waals surface area contributed by atoms with E-state index in [2.05, 4.69) is 4.72 Å². The molecule has 0 atom stereocenters. The van der Waals surface area contributed by atoms with Crippen molar-refractivity contribution in [1.29, 1.82) is 0 Å². The lowest BCUT2D eigenvalue weighted by atomic mass is 10.1. The Morgan fingerprint density at radius 3 is 2.71 bits per heavy atom. The summed E-state index contributed by atoms with van der Waals surface area (Å²) in [5.41, 5.74) is 2.30. The van der Waals surface area contributed by atoms with Crippen LogP contribution in [0.2, 0.25) is 5.02 Å². The second kappa shape index (κ2) is 4.12. The van der Waals surface area contributed by atoms with Gasteiger partial charge in [0.05, 0.1) is 22.0 Å². The van der Waals surface area contributed by atoms with E-state index in [4.69, 9.17) is 23.8 Å². The summed E-state index contributed by atoms with van der Waals surface area (Å²) in [5, 5.41) is 0.366. The first-order chi connectivity index (χ1) is 7.78. The van der Waals surface area contributed by atoms with Crippen LogP contribution in [-0.4, -0.2) is 26.7 Å². The molecule has 1 aromatic carbocycles. The normalized spacial score (nSPS) is 15.0. The molecule has 0 unspecified atom stereocenters. The Bertz CT molecular complexity index is 599. The minimum atomic E-state index is -3.33. The number of hydrogen-bond acceptors (Lipinski definition) is 3. The Morgan fingerprint density at radius 1 is 1.47 bits per heavy atom. The van der Waals surface area contributed by atoms with Crippen molar-refractivity contribution >= 4 is 50.2 Å². The summed E-state index contributed by atoms with van der Waals surface area (Å²) in [6.07, 6.45) is 1.73. The van der Waals surface area contributed by atoms with Crippen molar-refractivity contribution in [2.75, 3.05) is 22.9 Å². The van der Waals surface area contributed by atoms with Crippen LogP contribution in [0, 0.1) is 0 Å². The Morgan fingerprint density at radius 2 is 2.12 bits per heavy atom. The van der Waals surface area contributed by atoms with E-state index in [0.717, 1.165) is 22.5 Å². The number of fused-ring (bicyclic) bond motifs is 1. The van der Waals surface area contributed by atoms with Crippen LogP contribution >= 0.6 is 23.8 Å². The molecular formula is C10H11ClN2O2S2. The van der Waals surface area contributed by atoms with Gasteiger partial charge in [-0.2, -0.15) is 0 Å². The Hall–Kier alpha value is -0.850. The summed E-state index contributed by atoms with van der Waals surface area (Å²) in [6.45, 7) is 0. The highest BCUT2D eigenvalue weighted by atomic mass is 35.5. The van der Waals surface area contributed by atoms with Gasteiger partial charge in [-0.25, -0.2) is 8.42 Å². The minimum absolute atomic E-state index is 0.366. The van der Waals surface area contributed by atoms with Crippen molar-refractivity contribution in [3.05, 3.63) is 22.7 Å². The van der Waals surface area contributed by atoms with Crippen LogP contribution in [0.4, 0.5) is 11.4 Å². The molecule has 0 fully saturated rings. The highest BCUT2D eigenvalue weighted by molar-refractivity contribution is 7.92. The third kappa shape index (κ3) is 2.53. The van der Waals surface area contributed by atoms with Gasteiger partial charge in [-0.3, -0.25) is 4.72 Å². The maximum atomic E-state index is 11.2. The first kappa shape index (κ1) is 12.6. The van der Waals surface area contributed by atoms with Crippen molar-refractivity contribution in [3.8, 4) is 0 Å². The summed E-state index contributed by atoms with van der Waals surface area (Å²) in [6, 6.07) is 3.46. The predicted molar refractivity (Wildman–Crippen MR) is 74.6 cm³/mol. The number of nitrogens with one attached hydrogen (secondary N) is 1. The number of anilines is 2. The maximum absolute atomic E-state index is 11.2. The lowest BCUT2D eigenvalue weighted by molar-refractivity contribution is 0.607. The van der Waals surface area contributed by atoms with Crippen molar-refractivity contribution < 1.29 is 8.42 Å². The fraction of sp³-hybridized carbons (Fsp3) is 0.300.